The highest BCUT2D eigenvalue weighted by molar-refractivity contribution is 7.16. The second-order valence-electron chi connectivity index (χ2n) is 6.57. The maximum absolute atomic E-state index is 12.7. The lowest BCUT2D eigenvalue weighted by Crippen LogP contribution is -2.12. The average molecular weight is 404 g/mol. The van der Waals surface area contributed by atoms with Crippen LogP contribution in [-0.2, 0) is 6.42 Å². The topological polar surface area (TPSA) is 85.6 Å². The fourth-order valence-electron chi connectivity index (χ4n) is 3.02. The average Bonchev–Trinajstić information content (AvgIpc) is 3.39. The number of hydrogen-bond acceptors (Lipinski definition) is 6. The fraction of sp³-hybridized carbons (Fsp3) is 0.190. The number of nitrogens with zero attached hydrogens (tertiary/aromatic N) is 5. The van der Waals surface area contributed by atoms with Crippen molar-refractivity contribution < 1.29 is 4.79 Å². The molecule has 0 atom stereocenters. The summed E-state index contributed by atoms with van der Waals surface area (Å²) >= 11 is 1.46. The maximum Gasteiger partial charge on any atom is 0.257 e. The number of amides is 1. The molecule has 0 saturated carbocycles. The molecule has 8 heteroatoms. The largest absolute Gasteiger partial charge is 0.298 e. The summed E-state index contributed by atoms with van der Waals surface area (Å²) in [4.78, 5) is 26.5. The highest BCUT2D eigenvalue weighted by atomic mass is 32.1. The smallest absolute Gasteiger partial charge is 0.257 e. The van der Waals surface area contributed by atoms with E-state index in [2.05, 4.69) is 56.6 Å². The molecule has 0 bridgehead atoms. The van der Waals surface area contributed by atoms with Crippen LogP contribution in [0.5, 0.6) is 0 Å². The van der Waals surface area contributed by atoms with Crippen molar-refractivity contribution in [3.63, 3.8) is 0 Å². The van der Waals surface area contributed by atoms with E-state index in [9.17, 15) is 4.79 Å². The number of aryl methyl sites for hydroxylation is 2. The van der Waals surface area contributed by atoms with E-state index in [0.717, 1.165) is 29.0 Å². The molecule has 29 heavy (non-hydrogen) atoms. The van der Waals surface area contributed by atoms with Gasteiger partial charge in [0.25, 0.3) is 5.91 Å². The quantitative estimate of drug-likeness (QED) is 0.518. The van der Waals surface area contributed by atoms with E-state index in [0.29, 0.717) is 16.5 Å². The normalized spacial score (nSPS) is 10.8. The van der Waals surface area contributed by atoms with Crippen LogP contribution in [0.4, 0.5) is 5.13 Å². The zero-order chi connectivity index (χ0) is 20.2. The van der Waals surface area contributed by atoms with Gasteiger partial charge in [-0.2, -0.15) is 5.10 Å². The van der Waals surface area contributed by atoms with Crippen molar-refractivity contribution in [3.8, 4) is 17.1 Å². The number of benzene rings is 1. The summed E-state index contributed by atoms with van der Waals surface area (Å²) in [5.74, 6) is 0.283. The van der Waals surface area contributed by atoms with Crippen LogP contribution < -0.4 is 5.32 Å². The number of anilines is 1. The molecule has 0 fully saturated rings. The minimum atomic E-state index is -0.243. The lowest BCUT2D eigenvalue weighted by molar-refractivity contribution is 0.102. The molecule has 7 nitrogen and oxygen atoms in total. The van der Waals surface area contributed by atoms with E-state index in [1.54, 1.807) is 18.3 Å². The molecule has 4 aromatic rings. The Bertz CT molecular complexity index is 1120. The molecule has 1 aromatic carbocycles. The van der Waals surface area contributed by atoms with Gasteiger partial charge in [-0.15, -0.1) is 11.3 Å². The Kier molecular flexibility index (Phi) is 5.44. The van der Waals surface area contributed by atoms with Crippen LogP contribution in [-0.4, -0.2) is 30.6 Å². The monoisotopic (exact) mass is 404 g/mol. The van der Waals surface area contributed by atoms with Gasteiger partial charge in [0.2, 0.25) is 0 Å². The summed E-state index contributed by atoms with van der Waals surface area (Å²) in [7, 11) is 0. The molecule has 1 amide bonds. The second kappa shape index (κ2) is 8.32. The number of hydrogen-bond donors (Lipinski definition) is 1. The number of carbonyl (C=O) groups excluding carboxylic acids is 1. The molecular weight excluding hydrogens is 384 g/mol. The van der Waals surface area contributed by atoms with E-state index >= 15 is 0 Å². The van der Waals surface area contributed by atoms with Gasteiger partial charge in [0, 0.05) is 22.2 Å². The Morgan fingerprint density at radius 2 is 2.03 bits per heavy atom. The Balaban J connectivity index is 1.52. The number of pyridine rings is 1. The van der Waals surface area contributed by atoms with Crippen molar-refractivity contribution in [3.05, 3.63) is 71.3 Å². The van der Waals surface area contributed by atoms with E-state index < -0.39 is 0 Å². The third-order valence-electron chi connectivity index (χ3n) is 4.44. The lowest BCUT2D eigenvalue weighted by Gasteiger charge is -2.04. The predicted octanol–water partition coefficient (Wildman–Crippen LogP) is 4.30. The molecule has 0 radical (unpaired) electrons. The number of carbonyl (C=O) groups is 1. The molecular formula is C21H20N6OS. The van der Waals surface area contributed by atoms with Crippen LogP contribution in [0.25, 0.3) is 17.1 Å². The number of aromatic nitrogens is 5. The zero-order valence-electron chi connectivity index (χ0n) is 16.2. The Labute approximate surface area is 172 Å². The van der Waals surface area contributed by atoms with Crippen molar-refractivity contribution >= 4 is 22.4 Å². The van der Waals surface area contributed by atoms with Gasteiger partial charge in [-0.05, 0) is 31.0 Å². The predicted molar refractivity (Wildman–Crippen MR) is 113 cm³/mol. The van der Waals surface area contributed by atoms with Crippen LogP contribution in [0.3, 0.4) is 0 Å². The summed E-state index contributed by atoms with van der Waals surface area (Å²) in [6.07, 6.45) is 6.72. The third-order valence-corrected chi connectivity index (χ3v) is 5.33. The van der Waals surface area contributed by atoms with Crippen molar-refractivity contribution in [1.29, 1.82) is 0 Å². The van der Waals surface area contributed by atoms with E-state index in [1.807, 2.05) is 6.92 Å². The summed E-state index contributed by atoms with van der Waals surface area (Å²) in [6.45, 7) is 4.18. The minimum absolute atomic E-state index is 0.243. The van der Waals surface area contributed by atoms with Gasteiger partial charge in [-0.1, -0.05) is 37.6 Å². The van der Waals surface area contributed by atoms with Crippen LogP contribution in [0.15, 0.2) is 55.2 Å². The number of thiazole rings is 1. The van der Waals surface area contributed by atoms with Crippen LogP contribution in [0, 0.1) is 6.92 Å². The molecule has 4 rings (SSSR count). The van der Waals surface area contributed by atoms with Crippen molar-refractivity contribution in [2.45, 2.75) is 26.7 Å². The van der Waals surface area contributed by atoms with Gasteiger partial charge in [-0.25, -0.2) is 19.6 Å². The second-order valence-corrected chi connectivity index (χ2v) is 7.77. The van der Waals surface area contributed by atoms with E-state index in [1.165, 1.54) is 34.2 Å². The minimum Gasteiger partial charge on any atom is -0.298 e. The van der Waals surface area contributed by atoms with Gasteiger partial charge < -0.3 is 0 Å². The summed E-state index contributed by atoms with van der Waals surface area (Å²) in [5.41, 5.74) is 3.74. The van der Waals surface area contributed by atoms with E-state index in [4.69, 9.17) is 0 Å². The highest BCUT2D eigenvalue weighted by Gasteiger charge is 2.14. The molecule has 0 aliphatic rings. The first-order chi connectivity index (χ1) is 14.1. The Morgan fingerprint density at radius 1 is 1.21 bits per heavy atom. The standard InChI is InChI=1S/C21H20N6OS/c1-3-4-15-5-7-16(8-6-15)19-14(2)29-21(25-19)26-20(28)17-9-10-23-18(11-17)27-13-22-12-24-27/h5-13H,3-4H2,1-2H3,(H,25,26,28). The summed E-state index contributed by atoms with van der Waals surface area (Å²) in [5, 5.41) is 7.50. The molecule has 146 valence electrons. The van der Waals surface area contributed by atoms with Crippen LogP contribution in [0.1, 0.15) is 34.1 Å². The molecule has 0 saturated heterocycles. The molecule has 0 spiro atoms. The summed E-state index contributed by atoms with van der Waals surface area (Å²) in [6, 6.07) is 11.8. The van der Waals surface area contributed by atoms with Gasteiger partial charge in [0.1, 0.15) is 12.7 Å². The van der Waals surface area contributed by atoms with Crippen molar-refractivity contribution in [2.24, 2.45) is 0 Å². The summed E-state index contributed by atoms with van der Waals surface area (Å²) < 4.78 is 1.50. The van der Waals surface area contributed by atoms with Crippen molar-refractivity contribution in [2.75, 3.05) is 5.32 Å². The van der Waals surface area contributed by atoms with Gasteiger partial charge >= 0.3 is 0 Å². The highest BCUT2D eigenvalue weighted by Crippen LogP contribution is 2.31. The molecule has 0 aliphatic heterocycles. The maximum atomic E-state index is 12.7. The first-order valence-electron chi connectivity index (χ1n) is 9.33. The van der Waals surface area contributed by atoms with Gasteiger partial charge in [-0.3, -0.25) is 10.1 Å². The molecule has 3 heterocycles. The van der Waals surface area contributed by atoms with Gasteiger partial charge in [0.05, 0.1) is 5.69 Å². The first kappa shape index (κ1) is 18.9. The van der Waals surface area contributed by atoms with Gasteiger partial charge in [0.15, 0.2) is 10.9 Å². The lowest BCUT2D eigenvalue weighted by atomic mass is 10.1. The molecule has 0 aliphatic carbocycles. The van der Waals surface area contributed by atoms with Crippen molar-refractivity contribution in [1.82, 2.24) is 24.7 Å². The number of rotatable bonds is 6. The third kappa shape index (κ3) is 4.22. The van der Waals surface area contributed by atoms with Crippen LogP contribution >= 0.6 is 11.3 Å². The first-order valence-corrected chi connectivity index (χ1v) is 10.1. The molecule has 1 N–H and O–H groups in total. The Morgan fingerprint density at radius 3 is 2.76 bits per heavy atom. The fourth-order valence-corrected chi connectivity index (χ4v) is 3.85. The SMILES string of the molecule is CCCc1ccc(-c2nc(NC(=O)c3ccnc(-n4cncn4)c3)sc2C)cc1. The Hall–Kier alpha value is -3.39. The van der Waals surface area contributed by atoms with E-state index in [-0.39, 0.29) is 5.91 Å². The van der Waals surface area contributed by atoms with Crippen LogP contribution in [0.2, 0.25) is 0 Å². The molecule has 0 unspecified atom stereocenters. The number of nitrogens with one attached hydrogen (secondary N) is 1. The molecule has 3 aromatic heterocycles. The zero-order valence-corrected chi connectivity index (χ0v) is 17.0.